The molecule has 0 aromatic heterocycles. The van der Waals surface area contributed by atoms with Crippen LogP contribution < -0.4 is 4.74 Å². The van der Waals surface area contributed by atoms with Crippen molar-refractivity contribution in [2.45, 2.75) is 24.6 Å². The first kappa shape index (κ1) is 14.9. The van der Waals surface area contributed by atoms with E-state index in [0.29, 0.717) is 10.7 Å². The molecule has 1 aliphatic heterocycles. The largest absolute Gasteiger partial charge is 0.493 e. The van der Waals surface area contributed by atoms with Gasteiger partial charge in [0.2, 0.25) is 0 Å². The molecule has 0 bridgehead atoms. The van der Waals surface area contributed by atoms with Crippen molar-refractivity contribution < 1.29 is 4.74 Å². The number of alkyl halides is 1. The number of ether oxygens (including phenoxy) is 1. The summed E-state index contributed by atoms with van der Waals surface area (Å²) < 4.78 is 5.80. The summed E-state index contributed by atoms with van der Waals surface area (Å²) in [4.78, 5) is 0.328. The van der Waals surface area contributed by atoms with Crippen LogP contribution in [0.1, 0.15) is 28.4 Å². The first-order valence-corrected chi connectivity index (χ1v) is 8.57. The predicted molar refractivity (Wildman–Crippen MR) is 91.6 cm³/mol. The Bertz CT molecular complexity index is 627. The third-order valence-electron chi connectivity index (χ3n) is 3.98. The van der Waals surface area contributed by atoms with Gasteiger partial charge in [-0.25, -0.2) is 0 Å². The Morgan fingerprint density at radius 3 is 2.76 bits per heavy atom. The van der Waals surface area contributed by atoms with E-state index in [0.717, 1.165) is 30.2 Å². The molecule has 2 aromatic carbocycles. The van der Waals surface area contributed by atoms with Crippen molar-refractivity contribution in [1.29, 1.82) is 0 Å². The number of benzene rings is 2. The van der Waals surface area contributed by atoms with Gasteiger partial charge in [0.1, 0.15) is 5.75 Å². The molecule has 21 heavy (non-hydrogen) atoms. The quantitative estimate of drug-likeness (QED) is 0.642. The third-order valence-corrected chi connectivity index (χ3v) is 5.63. The molecule has 3 heteroatoms. The van der Waals surface area contributed by atoms with Gasteiger partial charge in [-0.2, -0.15) is 0 Å². The van der Waals surface area contributed by atoms with E-state index in [2.05, 4.69) is 47.1 Å². The molecule has 1 nitrogen and oxygen atoms in total. The molecule has 1 aliphatic rings. The van der Waals surface area contributed by atoms with E-state index in [1.165, 1.54) is 16.7 Å². The van der Waals surface area contributed by atoms with Crippen molar-refractivity contribution in [2.24, 2.45) is 5.92 Å². The van der Waals surface area contributed by atoms with Gasteiger partial charge < -0.3 is 4.74 Å². The monoisotopic (exact) mass is 364 g/mol. The standard InChI is InChI=1S/C18H18BrClO/c1-12(17(19)13-5-3-2-4-6-13)9-15-11-16(20)10-14-7-8-21-18(14)15/h2-6,10-12,17H,7-9H2,1H3. The van der Waals surface area contributed by atoms with Crippen molar-refractivity contribution in [1.82, 2.24) is 0 Å². The van der Waals surface area contributed by atoms with Gasteiger partial charge in [0.15, 0.2) is 0 Å². The van der Waals surface area contributed by atoms with Crippen LogP contribution in [0.2, 0.25) is 5.02 Å². The van der Waals surface area contributed by atoms with E-state index in [9.17, 15) is 0 Å². The van der Waals surface area contributed by atoms with Gasteiger partial charge in [-0.05, 0) is 41.2 Å². The minimum absolute atomic E-state index is 0.328. The van der Waals surface area contributed by atoms with Gasteiger partial charge in [-0.3, -0.25) is 0 Å². The zero-order valence-electron chi connectivity index (χ0n) is 12.0. The van der Waals surface area contributed by atoms with E-state index >= 15 is 0 Å². The number of hydrogen-bond acceptors (Lipinski definition) is 1. The van der Waals surface area contributed by atoms with E-state index in [1.807, 2.05) is 18.2 Å². The van der Waals surface area contributed by atoms with Crippen molar-refractivity contribution in [2.75, 3.05) is 6.61 Å². The zero-order valence-corrected chi connectivity index (χ0v) is 14.3. The molecule has 0 saturated heterocycles. The van der Waals surface area contributed by atoms with Gasteiger partial charge in [-0.1, -0.05) is 64.8 Å². The fraction of sp³-hybridized carbons (Fsp3) is 0.333. The highest BCUT2D eigenvalue weighted by atomic mass is 79.9. The van der Waals surface area contributed by atoms with Crippen LogP contribution in [0.15, 0.2) is 42.5 Å². The summed E-state index contributed by atoms with van der Waals surface area (Å²) in [5.74, 6) is 1.51. The maximum atomic E-state index is 6.24. The van der Waals surface area contributed by atoms with Crippen molar-refractivity contribution >= 4 is 27.5 Å². The first-order valence-electron chi connectivity index (χ1n) is 7.28. The Balaban J connectivity index is 1.81. The van der Waals surface area contributed by atoms with Gasteiger partial charge in [0.05, 0.1) is 6.61 Å². The van der Waals surface area contributed by atoms with Gasteiger partial charge in [0, 0.05) is 16.3 Å². The van der Waals surface area contributed by atoms with E-state index in [1.54, 1.807) is 0 Å². The predicted octanol–water partition coefficient (Wildman–Crippen LogP) is 5.59. The Kier molecular flexibility index (Phi) is 4.56. The van der Waals surface area contributed by atoms with Gasteiger partial charge >= 0.3 is 0 Å². The van der Waals surface area contributed by atoms with Crippen LogP contribution in [-0.4, -0.2) is 6.61 Å². The smallest absolute Gasteiger partial charge is 0.125 e. The minimum Gasteiger partial charge on any atom is -0.493 e. The molecule has 2 unspecified atom stereocenters. The molecular formula is C18H18BrClO. The first-order chi connectivity index (χ1) is 10.1. The molecule has 0 spiro atoms. The fourth-order valence-electron chi connectivity index (χ4n) is 2.91. The average molecular weight is 366 g/mol. The number of halogens is 2. The molecule has 0 aliphatic carbocycles. The number of hydrogen-bond donors (Lipinski definition) is 0. The SMILES string of the molecule is CC(Cc1cc(Cl)cc2c1OCC2)C(Br)c1ccccc1. The Labute approximate surface area is 139 Å². The summed E-state index contributed by atoms with van der Waals surface area (Å²) in [7, 11) is 0. The normalized spacial score (nSPS) is 16.1. The molecule has 0 N–H and O–H groups in total. The molecule has 2 aromatic rings. The Morgan fingerprint density at radius 1 is 1.24 bits per heavy atom. The van der Waals surface area contributed by atoms with Crippen LogP contribution in [0.3, 0.4) is 0 Å². The summed E-state index contributed by atoms with van der Waals surface area (Å²) in [5.41, 5.74) is 3.78. The molecule has 0 amide bonds. The van der Waals surface area contributed by atoms with Crippen LogP contribution in [0.4, 0.5) is 0 Å². The molecule has 0 fully saturated rings. The average Bonchev–Trinajstić information content (AvgIpc) is 2.95. The topological polar surface area (TPSA) is 9.23 Å². The lowest BCUT2D eigenvalue weighted by Gasteiger charge is -2.20. The lowest BCUT2D eigenvalue weighted by Crippen LogP contribution is -2.08. The maximum Gasteiger partial charge on any atom is 0.125 e. The Morgan fingerprint density at radius 2 is 2.00 bits per heavy atom. The molecule has 0 radical (unpaired) electrons. The van der Waals surface area contributed by atoms with E-state index in [4.69, 9.17) is 16.3 Å². The summed E-state index contributed by atoms with van der Waals surface area (Å²) in [5, 5.41) is 0.812. The van der Waals surface area contributed by atoms with Crippen LogP contribution in [-0.2, 0) is 12.8 Å². The molecule has 110 valence electrons. The summed E-state index contributed by atoms with van der Waals surface area (Å²) in [6.45, 7) is 3.03. The Hall–Kier alpha value is -0.990. The molecule has 0 saturated carbocycles. The number of fused-ring (bicyclic) bond motifs is 1. The molecule has 1 heterocycles. The van der Waals surface area contributed by atoms with Gasteiger partial charge in [0.25, 0.3) is 0 Å². The van der Waals surface area contributed by atoms with Crippen LogP contribution >= 0.6 is 27.5 Å². The number of rotatable bonds is 4. The highest BCUT2D eigenvalue weighted by Crippen LogP contribution is 2.38. The summed E-state index contributed by atoms with van der Waals surface area (Å²) in [6, 6.07) is 14.6. The van der Waals surface area contributed by atoms with Crippen molar-refractivity contribution in [3.8, 4) is 5.75 Å². The second-order valence-electron chi connectivity index (χ2n) is 5.65. The van der Waals surface area contributed by atoms with E-state index in [-0.39, 0.29) is 0 Å². The summed E-state index contributed by atoms with van der Waals surface area (Å²) in [6.07, 6.45) is 1.92. The van der Waals surface area contributed by atoms with E-state index < -0.39 is 0 Å². The fourth-order valence-corrected chi connectivity index (χ4v) is 3.67. The second-order valence-corrected chi connectivity index (χ2v) is 7.07. The highest BCUT2D eigenvalue weighted by Gasteiger charge is 2.22. The third kappa shape index (κ3) is 3.27. The maximum absolute atomic E-state index is 6.24. The van der Waals surface area contributed by atoms with Crippen molar-refractivity contribution in [3.63, 3.8) is 0 Å². The molecular weight excluding hydrogens is 348 g/mol. The van der Waals surface area contributed by atoms with Gasteiger partial charge in [-0.15, -0.1) is 0 Å². The lowest BCUT2D eigenvalue weighted by molar-refractivity contribution is 0.351. The lowest BCUT2D eigenvalue weighted by atomic mass is 9.92. The second kappa shape index (κ2) is 6.41. The summed E-state index contributed by atoms with van der Waals surface area (Å²) >= 11 is 10.1. The minimum atomic E-state index is 0.328. The van der Waals surface area contributed by atoms with Crippen LogP contribution in [0.5, 0.6) is 5.75 Å². The molecule has 3 rings (SSSR count). The van der Waals surface area contributed by atoms with Crippen LogP contribution in [0.25, 0.3) is 0 Å². The van der Waals surface area contributed by atoms with Crippen molar-refractivity contribution in [3.05, 3.63) is 64.2 Å². The van der Waals surface area contributed by atoms with Crippen LogP contribution in [0, 0.1) is 5.92 Å². The highest BCUT2D eigenvalue weighted by molar-refractivity contribution is 9.09. The zero-order chi connectivity index (χ0) is 14.8. The molecule has 2 atom stereocenters.